The van der Waals surface area contributed by atoms with E-state index in [4.69, 9.17) is 4.98 Å². The van der Waals surface area contributed by atoms with Crippen LogP contribution in [0.1, 0.15) is 52.8 Å². The van der Waals surface area contributed by atoms with Crippen LogP contribution in [0.5, 0.6) is 0 Å². The van der Waals surface area contributed by atoms with Crippen LogP contribution in [0.25, 0.3) is 10.2 Å². The lowest BCUT2D eigenvalue weighted by molar-refractivity contribution is -0.384. The van der Waals surface area contributed by atoms with Crippen LogP contribution >= 0.6 is 11.3 Å². The summed E-state index contributed by atoms with van der Waals surface area (Å²) in [5.41, 5.74) is 4.46. The number of hydrogen-bond acceptors (Lipinski definition) is 7. The summed E-state index contributed by atoms with van der Waals surface area (Å²) >= 11 is 1.38. The largest absolute Gasteiger partial charge is 0.379 e. The first kappa shape index (κ1) is 24.1. The molecule has 0 radical (unpaired) electrons. The maximum atomic E-state index is 13.5. The second-order valence-electron chi connectivity index (χ2n) is 10.2. The Balaban J connectivity index is 1.52. The molecule has 5 rings (SSSR count). The Labute approximate surface area is 213 Å². The van der Waals surface area contributed by atoms with Gasteiger partial charge in [-0.25, -0.2) is 4.98 Å². The van der Waals surface area contributed by atoms with Crippen molar-refractivity contribution in [3.05, 3.63) is 98.0 Å². The number of fused-ring (bicyclic) bond motifs is 2. The quantitative estimate of drug-likeness (QED) is 0.193. The SMILES string of the molecule is CC(C)(C)Nc1c(C(=O)c2ccc([N+](=O)[O-])cc2)sc2nc3c(cc12)CN(Cc1ccccc1)CC3. The summed E-state index contributed by atoms with van der Waals surface area (Å²) in [6.07, 6.45) is 0.865. The third-order valence-corrected chi connectivity index (χ3v) is 7.30. The lowest BCUT2D eigenvalue weighted by Gasteiger charge is -2.28. The summed E-state index contributed by atoms with van der Waals surface area (Å²) in [5.74, 6) is -0.164. The second kappa shape index (κ2) is 9.44. The van der Waals surface area contributed by atoms with Gasteiger partial charge in [0.25, 0.3) is 5.69 Å². The molecule has 0 saturated carbocycles. The standard InChI is InChI=1S/C28H28N4O3S/c1-28(2,3)30-24-22-15-20-17-31(16-18-7-5-4-6-8-18)14-13-23(20)29-27(22)36-26(24)25(33)19-9-11-21(12-10-19)32(34)35/h4-12,15,30H,13-14,16-17H2,1-3H3. The van der Waals surface area contributed by atoms with Gasteiger partial charge in [-0.2, -0.15) is 0 Å². The summed E-state index contributed by atoms with van der Waals surface area (Å²) in [6.45, 7) is 8.81. The van der Waals surface area contributed by atoms with Gasteiger partial charge in [-0.05, 0) is 50.1 Å². The Morgan fingerprint density at radius 3 is 2.53 bits per heavy atom. The molecule has 0 unspecified atom stereocenters. The van der Waals surface area contributed by atoms with Crippen LogP contribution in [0.15, 0.2) is 60.7 Å². The van der Waals surface area contributed by atoms with E-state index in [9.17, 15) is 14.9 Å². The molecule has 0 saturated heterocycles. The molecule has 0 bridgehead atoms. The summed E-state index contributed by atoms with van der Waals surface area (Å²) < 4.78 is 0. The number of thiophene rings is 1. The molecule has 7 nitrogen and oxygen atoms in total. The average molecular weight is 501 g/mol. The molecule has 1 aliphatic rings. The Bertz CT molecular complexity index is 1440. The van der Waals surface area contributed by atoms with Gasteiger partial charge in [0.1, 0.15) is 9.71 Å². The predicted octanol–water partition coefficient (Wildman–Crippen LogP) is 6.20. The Hall–Kier alpha value is -3.62. The van der Waals surface area contributed by atoms with E-state index >= 15 is 0 Å². The molecule has 0 atom stereocenters. The molecule has 2 aromatic carbocycles. The maximum absolute atomic E-state index is 13.5. The molecule has 0 aliphatic carbocycles. The lowest BCUT2D eigenvalue weighted by atomic mass is 10.0. The molecule has 36 heavy (non-hydrogen) atoms. The monoisotopic (exact) mass is 500 g/mol. The first-order chi connectivity index (χ1) is 17.2. The van der Waals surface area contributed by atoms with Gasteiger partial charge in [-0.15, -0.1) is 11.3 Å². The lowest BCUT2D eigenvalue weighted by Crippen LogP contribution is -2.30. The van der Waals surface area contributed by atoms with E-state index in [0.717, 1.165) is 47.7 Å². The number of nitro groups is 1. The zero-order valence-electron chi connectivity index (χ0n) is 20.6. The molecule has 0 amide bonds. The van der Waals surface area contributed by atoms with Gasteiger partial charge in [-0.3, -0.25) is 19.8 Å². The molecule has 184 valence electrons. The van der Waals surface area contributed by atoms with E-state index in [1.165, 1.54) is 46.7 Å². The highest BCUT2D eigenvalue weighted by molar-refractivity contribution is 7.21. The Kier molecular flexibility index (Phi) is 6.32. The van der Waals surface area contributed by atoms with Crippen LogP contribution < -0.4 is 5.32 Å². The molecule has 4 aromatic rings. The van der Waals surface area contributed by atoms with Gasteiger partial charge in [-0.1, -0.05) is 30.3 Å². The van der Waals surface area contributed by atoms with Crippen molar-refractivity contribution in [3.63, 3.8) is 0 Å². The van der Waals surface area contributed by atoms with Gasteiger partial charge in [0.05, 0.1) is 10.6 Å². The van der Waals surface area contributed by atoms with Crippen molar-refractivity contribution in [1.82, 2.24) is 9.88 Å². The number of benzene rings is 2. The normalized spacial score (nSPS) is 14.0. The number of non-ortho nitro benzene ring substituents is 1. The van der Waals surface area contributed by atoms with Gasteiger partial charge in [0.2, 0.25) is 5.78 Å². The number of nitrogens with one attached hydrogen (secondary N) is 1. The number of carbonyl (C=O) groups is 1. The van der Waals surface area contributed by atoms with Gasteiger partial charge in [0, 0.05) is 60.4 Å². The number of nitro benzene ring substituents is 1. The highest BCUT2D eigenvalue weighted by Crippen LogP contribution is 2.39. The Morgan fingerprint density at radius 1 is 1.14 bits per heavy atom. The molecular formula is C28H28N4O3S. The molecule has 8 heteroatoms. The molecule has 0 fully saturated rings. The van der Waals surface area contributed by atoms with E-state index in [1.807, 2.05) is 6.07 Å². The maximum Gasteiger partial charge on any atom is 0.269 e. The van der Waals surface area contributed by atoms with Crippen molar-refractivity contribution < 1.29 is 9.72 Å². The summed E-state index contributed by atoms with van der Waals surface area (Å²) in [4.78, 5) is 32.9. The average Bonchev–Trinajstić information content (AvgIpc) is 3.18. The number of carbonyl (C=O) groups excluding carboxylic acids is 1. The van der Waals surface area contributed by atoms with Crippen molar-refractivity contribution >= 4 is 38.7 Å². The van der Waals surface area contributed by atoms with Gasteiger partial charge >= 0.3 is 0 Å². The van der Waals surface area contributed by atoms with Crippen molar-refractivity contribution in [2.24, 2.45) is 0 Å². The van der Waals surface area contributed by atoms with Crippen LogP contribution in [0, 0.1) is 10.1 Å². The topological polar surface area (TPSA) is 88.4 Å². The molecular weight excluding hydrogens is 472 g/mol. The smallest absolute Gasteiger partial charge is 0.269 e. The fraction of sp³-hybridized carbons (Fsp3) is 0.286. The highest BCUT2D eigenvalue weighted by Gasteiger charge is 2.27. The number of nitrogens with zero attached hydrogens (tertiary/aromatic N) is 3. The Morgan fingerprint density at radius 2 is 1.86 bits per heavy atom. The number of ketones is 1. The summed E-state index contributed by atoms with van der Waals surface area (Å²) in [5, 5.41) is 15.5. The second-order valence-corrected chi connectivity index (χ2v) is 11.2. The fourth-order valence-electron chi connectivity index (χ4n) is 4.54. The van der Waals surface area contributed by atoms with Crippen LogP contribution in [0.4, 0.5) is 11.4 Å². The van der Waals surface area contributed by atoms with E-state index in [0.29, 0.717) is 10.4 Å². The highest BCUT2D eigenvalue weighted by atomic mass is 32.1. The number of rotatable bonds is 6. The van der Waals surface area contributed by atoms with E-state index in [2.05, 4.69) is 61.3 Å². The first-order valence-corrected chi connectivity index (χ1v) is 12.8. The predicted molar refractivity (Wildman–Crippen MR) is 144 cm³/mol. The van der Waals surface area contributed by atoms with Crippen LogP contribution in [-0.2, 0) is 19.5 Å². The zero-order chi connectivity index (χ0) is 25.4. The van der Waals surface area contributed by atoms with Crippen LogP contribution in [0.2, 0.25) is 0 Å². The minimum atomic E-state index is -0.462. The van der Waals surface area contributed by atoms with Crippen molar-refractivity contribution in [2.45, 2.75) is 45.8 Å². The van der Waals surface area contributed by atoms with Crippen LogP contribution in [-0.4, -0.2) is 32.7 Å². The molecule has 3 heterocycles. The first-order valence-electron chi connectivity index (χ1n) is 12.0. The molecule has 0 spiro atoms. The zero-order valence-corrected chi connectivity index (χ0v) is 21.4. The molecule has 2 aromatic heterocycles. The number of hydrogen-bond donors (Lipinski definition) is 1. The van der Waals surface area contributed by atoms with Crippen molar-refractivity contribution in [3.8, 4) is 0 Å². The number of aromatic nitrogens is 1. The minimum absolute atomic E-state index is 0.0367. The van der Waals surface area contributed by atoms with Crippen molar-refractivity contribution in [2.75, 3.05) is 11.9 Å². The van der Waals surface area contributed by atoms with E-state index in [-0.39, 0.29) is 17.0 Å². The van der Waals surface area contributed by atoms with E-state index in [1.54, 1.807) is 0 Å². The van der Waals surface area contributed by atoms with E-state index < -0.39 is 4.92 Å². The van der Waals surface area contributed by atoms with Gasteiger partial charge < -0.3 is 5.32 Å². The van der Waals surface area contributed by atoms with Gasteiger partial charge in [0.15, 0.2) is 0 Å². The third kappa shape index (κ3) is 5.01. The summed E-state index contributed by atoms with van der Waals surface area (Å²) in [7, 11) is 0. The molecule has 1 N–H and O–H groups in total. The molecule has 1 aliphatic heterocycles. The van der Waals surface area contributed by atoms with Crippen LogP contribution in [0.3, 0.4) is 0 Å². The number of anilines is 1. The van der Waals surface area contributed by atoms with Crippen molar-refractivity contribution in [1.29, 1.82) is 0 Å². The fourth-order valence-corrected chi connectivity index (χ4v) is 5.63. The number of pyridine rings is 1. The third-order valence-electron chi connectivity index (χ3n) is 6.21. The summed E-state index contributed by atoms with van der Waals surface area (Å²) in [6, 6.07) is 18.4. The minimum Gasteiger partial charge on any atom is -0.379 e.